The maximum atomic E-state index is 11.9. The fourth-order valence-electron chi connectivity index (χ4n) is 5.94. The molecule has 0 aliphatic rings. The lowest BCUT2D eigenvalue weighted by molar-refractivity contribution is 0.602. The van der Waals surface area contributed by atoms with Crippen LogP contribution < -0.4 is 10.5 Å². The summed E-state index contributed by atoms with van der Waals surface area (Å²) in [4.78, 5) is 6.27. The second-order valence-electron chi connectivity index (χ2n) is 13.2. The van der Waals surface area contributed by atoms with Crippen molar-refractivity contribution >= 4 is 62.9 Å². The first-order chi connectivity index (χ1) is 27.3. The number of hydrogen-bond donors (Lipinski definition) is 4. The summed E-state index contributed by atoms with van der Waals surface area (Å²) < 4.78 is 49.8. The highest BCUT2D eigenvalue weighted by Gasteiger charge is 2.13. The van der Waals surface area contributed by atoms with Crippen LogP contribution in [0.5, 0.6) is 0 Å². The molecule has 0 spiro atoms. The molecule has 0 aliphatic heterocycles. The number of aromatic nitrogens is 6. The average Bonchev–Trinajstić information content (AvgIpc) is 4.06. The molecule has 0 saturated carbocycles. The van der Waals surface area contributed by atoms with Gasteiger partial charge in [-0.05, 0) is 90.6 Å². The molecule has 0 radical (unpaired) electrons. The van der Waals surface area contributed by atoms with Crippen LogP contribution in [-0.4, -0.2) is 57.9 Å². The lowest BCUT2D eigenvalue weighted by Crippen LogP contribution is -2.14. The molecule has 12 nitrogen and oxygen atoms in total. The molecule has 15 heteroatoms. The van der Waals surface area contributed by atoms with Crippen molar-refractivity contribution in [3.8, 4) is 33.6 Å². The van der Waals surface area contributed by atoms with Gasteiger partial charge in [0.05, 0.1) is 46.6 Å². The number of aromatic amines is 2. The lowest BCUT2D eigenvalue weighted by atomic mass is 10.1. The number of nitrogens with one attached hydrogen (secondary N) is 3. The van der Waals surface area contributed by atoms with E-state index in [0.29, 0.717) is 5.69 Å². The Morgan fingerprint density at radius 1 is 0.632 bits per heavy atom. The smallest absolute Gasteiger partial charge is 0.232 e. The van der Waals surface area contributed by atoms with E-state index in [-0.39, 0.29) is 11.5 Å². The Morgan fingerprint density at radius 2 is 1.09 bits per heavy atom. The average molecular weight is 825 g/mol. The minimum Gasteiger partial charge on any atom is -0.397 e. The number of benzene rings is 4. The van der Waals surface area contributed by atoms with Crippen molar-refractivity contribution in [1.29, 1.82) is 0 Å². The molecule has 0 fully saturated rings. The summed E-state index contributed by atoms with van der Waals surface area (Å²) >= 11 is 0. The van der Waals surface area contributed by atoms with E-state index in [0.717, 1.165) is 74.0 Å². The van der Waals surface area contributed by atoms with Gasteiger partial charge in [0.25, 0.3) is 0 Å². The molecule has 0 bridgehead atoms. The minimum absolute atomic E-state index is 0.00849. The van der Waals surface area contributed by atoms with Crippen molar-refractivity contribution in [2.45, 2.75) is 40.5 Å². The highest BCUT2D eigenvalue weighted by molar-refractivity contribution is 8.13. The van der Waals surface area contributed by atoms with Gasteiger partial charge in [-0.1, -0.05) is 57.2 Å². The summed E-state index contributed by atoms with van der Waals surface area (Å²) in [5, 5.41) is 10.8. The molecule has 4 aromatic heterocycles. The zero-order chi connectivity index (χ0) is 40.7. The SMILES string of the molecule is CCS(=O)(=O)Cl.CCc1ccc(-n2cc(-c3ccc4[nH]cc(N)c4c3)cn2)cc1.CCc1ccc(-n2cc(-c3ccc4[nH]cc(NS(=O)(=O)CC)c4c3)cn2)cc1. The molecule has 0 unspecified atom stereocenters. The van der Waals surface area contributed by atoms with E-state index in [1.54, 1.807) is 13.1 Å². The standard InChI is InChI=1S/C21H22N4O2S.C19H18N4.C2H5ClO2S/c1-3-15-5-8-18(9-6-15)25-14-17(12-23-25)16-7-10-20-19(11-16)21(13-22-20)24-28(26,27)4-2;1-2-13-3-6-16(7-4-13)23-12-15(10-22-23)14-5-8-19-17(9-14)18(20)11-21-19;1-2-6(3,4)5/h5-14,22,24H,3-4H2,1-2H3;3-12,21H,2,20H2,1H3;2H2,1H3. The van der Waals surface area contributed by atoms with Crippen LogP contribution in [0.1, 0.15) is 38.8 Å². The number of rotatable bonds is 10. The number of nitrogens with two attached hydrogens (primary N) is 1. The van der Waals surface area contributed by atoms with Gasteiger partial charge in [0, 0.05) is 68.4 Å². The second-order valence-corrected chi connectivity index (χ2v) is 18.3. The van der Waals surface area contributed by atoms with Crippen molar-refractivity contribution in [1.82, 2.24) is 29.5 Å². The fraction of sp³-hybridized carbons (Fsp3) is 0.190. The maximum absolute atomic E-state index is 11.9. The summed E-state index contributed by atoms with van der Waals surface area (Å²) in [6.07, 6.45) is 13.3. The Kier molecular flexibility index (Phi) is 12.6. The van der Waals surface area contributed by atoms with Crippen molar-refractivity contribution < 1.29 is 16.8 Å². The molecule has 0 saturated heterocycles. The Morgan fingerprint density at radius 3 is 1.54 bits per heavy atom. The van der Waals surface area contributed by atoms with Crippen molar-refractivity contribution in [3.63, 3.8) is 0 Å². The summed E-state index contributed by atoms with van der Waals surface area (Å²) in [7, 11) is -1.84. The van der Waals surface area contributed by atoms with Crippen LogP contribution in [-0.2, 0) is 31.9 Å². The molecule has 0 aliphatic carbocycles. The van der Waals surface area contributed by atoms with Gasteiger partial charge in [0.1, 0.15) is 0 Å². The van der Waals surface area contributed by atoms with Crippen LogP contribution in [0, 0.1) is 0 Å². The number of halogens is 1. The summed E-state index contributed by atoms with van der Waals surface area (Å²) in [6.45, 7) is 7.39. The number of sulfonamides is 1. The van der Waals surface area contributed by atoms with Crippen LogP contribution >= 0.6 is 10.7 Å². The van der Waals surface area contributed by atoms with Crippen molar-refractivity contribution in [2.75, 3.05) is 22.0 Å². The second kappa shape index (κ2) is 17.5. The van der Waals surface area contributed by atoms with E-state index >= 15 is 0 Å². The van der Waals surface area contributed by atoms with E-state index in [1.165, 1.54) is 18.1 Å². The Balaban J connectivity index is 0.000000171. The van der Waals surface area contributed by atoms with Gasteiger partial charge in [0.2, 0.25) is 19.1 Å². The lowest BCUT2D eigenvalue weighted by Gasteiger charge is -2.05. The highest BCUT2D eigenvalue weighted by Crippen LogP contribution is 2.31. The summed E-state index contributed by atoms with van der Waals surface area (Å²) in [6, 6.07) is 29.0. The first-order valence-corrected chi connectivity index (χ1v) is 22.6. The van der Waals surface area contributed by atoms with Gasteiger partial charge in [-0.3, -0.25) is 4.72 Å². The normalized spacial score (nSPS) is 11.5. The number of aryl methyl sites for hydroxylation is 2. The molecule has 0 atom stereocenters. The molecular weight excluding hydrogens is 780 g/mol. The molecule has 8 aromatic rings. The fourth-order valence-corrected chi connectivity index (χ4v) is 6.59. The Bertz CT molecular complexity index is 2820. The first kappa shape index (κ1) is 40.8. The number of hydrogen-bond acceptors (Lipinski definition) is 7. The van der Waals surface area contributed by atoms with Crippen LogP contribution in [0.15, 0.2) is 122 Å². The number of H-pyrrole nitrogens is 2. The number of nitrogens with zero attached hydrogens (tertiary/aromatic N) is 4. The zero-order valence-electron chi connectivity index (χ0n) is 32.1. The van der Waals surface area contributed by atoms with Crippen molar-refractivity contribution in [3.05, 3.63) is 133 Å². The van der Waals surface area contributed by atoms with Gasteiger partial charge in [0.15, 0.2) is 0 Å². The van der Waals surface area contributed by atoms with E-state index in [1.807, 2.05) is 58.5 Å². The summed E-state index contributed by atoms with van der Waals surface area (Å²) in [5.41, 5.74) is 18.1. The number of fused-ring (bicyclic) bond motifs is 2. The molecule has 5 N–H and O–H groups in total. The van der Waals surface area contributed by atoms with E-state index in [4.69, 9.17) is 5.73 Å². The molecule has 296 valence electrons. The van der Waals surface area contributed by atoms with Gasteiger partial charge in [-0.15, -0.1) is 0 Å². The van der Waals surface area contributed by atoms with E-state index in [2.05, 4.69) is 116 Å². The van der Waals surface area contributed by atoms with Crippen LogP contribution in [0.2, 0.25) is 0 Å². The van der Waals surface area contributed by atoms with Crippen LogP contribution in [0.4, 0.5) is 11.4 Å². The molecule has 0 amide bonds. The van der Waals surface area contributed by atoms with Crippen LogP contribution in [0.3, 0.4) is 0 Å². The van der Waals surface area contributed by atoms with Gasteiger partial charge in [-0.2, -0.15) is 10.2 Å². The van der Waals surface area contributed by atoms with Gasteiger partial charge < -0.3 is 15.7 Å². The Labute approximate surface area is 337 Å². The molecular formula is C42H45ClN8O4S2. The molecule has 57 heavy (non-hydrogen) atoms. The summed E-state index contributed by atoms with van der Waals surface area (Å²) in [5.74, 6) is 0.0392. The predicted octanol–water partition coefficient (Wildman–Crippen LogP) is 9.08. The number of nitrogen functional groups attached to an aromatic ring is 1. The van der Waals surface area contributed by atoms with Gasteiger partial charge >= 0.3 is 0 Å². The quantitative estimate of drug-likeness (QED) is 0.0996. The maximum Gasteiger partial charge on any atom is 0.232 e. The third kappa shape index (κ3) is 10.1. The largest absolute Gasteiger partial charge is 0.397 e. The van der Waals surface area contributed by atoms with E-state index in [9.17, 15) is 16.8 Å². The van der Waals surface area contributed by atoms with Crippen molar-refractivity contribution in [2.24, 2.45) is 0 Å². The monoisotopic (exact) mass is 824 g/mol. The molecule has 4 heterocycles. The Hall–Kier alpha value is -5.83. The topological polar surface area (TPSA) is 174 Å². The predicted molar refractivity (Wildman–Crippen MR) is 233 cm³/mol. The highest BCUT2D eigenvalue weighted by atomic mass is 35.7. The first-order valence-electron chi connectivity index (χ1n) is 18.5. The number of anilines is 2. The third-order valence-electron chi connectivity index (χ3n) is 9.44. The van der Waals surface area contributed by atoms with Crippen LogP contribution in [0.25, 0.3) is 55.4 Å². The van der Waals surface area contributed by atoms with Gasteiger partial charge in [-0.25, -0.2) is 26.2 Å². The molecule has 4 aromatic carbocycles. The zero-order valence-corrected chi connectivity index (χ0v) is 34.5. The third-order valence-corrected chi connectivity index (χ3v) is 12.1. The van der Waals surface area contributed by atoms with E-state index < -0.39 is 19.1 Å². The molecule has 8 rings (SSSR count). The minimum atomic E-state index is -3.34.